The first-order valence-electron chi connectivity index (χ1n) is 6.30. The number of aryl methyl sites for hydroxylation is 1. The summed E-state index contributed by atoms with van der Waals surface area (Å²) in [7, 11) is 0. The quantitative estimate of drug-likeness (QED) is 0.825. The molecule has 0 heterocycles. The third-order valence-corrected chi connectivity index (χ3v) is 3.16. The number of benzene rings is 2. The molecule has 0 saturated carbocycles. The number of rotatable bonds is 3. The standard InChI is InChI=1S/C16H18N2O/c1-11-8-9-14(17)15(10-11)18-16(19)12(2)13-6-4-3-5-7-13/h3-10,12H,17H2,1-2H3,(H,18,19). The smallest absolute Gasteiger partial charge is 0.231 e. The number of carbonyl (C=O) groups excluding carboxylic acids is 1. The van der Waals surface area contributed by atoms with Crippen LogP contribution in [0, 0.1) is 6.92 Å². The third kappa shape index (κ3) is 3.13. The van der Waals surface area contributed by atoms with Gasteiger partial charge in [-0.3, -0.25) is 4.79 Å². The molecule has 19 heavy (non-hydrogen) atoms. The molecule has 3 nitrogen and oxygen atoms in total. The van der Waals surface area contributed by atoms with Gasteiger partial charge in [-0.15, -0.1) is 0 Å². The summed E-state index contributed by atoms with van der Waals surface area (Å²) in [6.07, 6.45) is 0. The largest absolute Gasteiger partial charge is 0.397 e. The van der Waals surface area contributed by atoms with Gasteiger partial charge in [-0.1, -0.05) is 36.4 Å². The molecular weight excluding hydrogens is 236 g/mol. The van der Waals surface area contributed by atoms with Crippen LogP contribution >= 0.6 is 0 Å². The van der Waals surface area contributed by atoms with Crippen molar-refractivity contribution >= 4 is 17.3 Å². The van der Waals surface area contributed by atoms with Gasteiger partial charge in [0, 0.05) is 0 Å². The van der Waals surface area contributed by atoms with Crippen LogP contribution in [-0.4, -0.2) is 5.91 Å². The molecule has 1 unspecified atom stereocenters. The van der Waals surface area contributed by atoms with Gasteiger partial charge in [0.15, 0.2) is 0 Å². The lowest BCUT2D eigenvalue weighted by molar-refractivity contribution is -0.117. The Bertz CT molecular complexity index is 579. The Morgan fingerprint density at radius 1 is 1.16 bits per heavy atom. The fourth-order valence-electron chi connectivity index (χ4n) is 1.91. The molecule has 0 aliphatic heterocycles. The molecule has 1 atom stereocenters. The second-order valence-electron chi connectivity index (χ2n) is 4.71. The molecule has 0 radical (unpaired) electrons. The summed E-state index contributed by atoms with van der Waals surface area (Å²) in [6, 6.07) is 15.3. The SMILES string of the molecule is Cc1ccc(N)c(NC(=O)C(C)c2ccccc2)c1. The molecule has 1 amide bonds. The number of nitrogen functional groups attached to an aromatic ring is 1. The number of nitrogens with two attached hydrogens (primary N) is 1. The van der Waals surface area contributed by atoms with Gasteiger partial charge in [-0.05, 0) is 37.1 Å². The van der Waals surface area contributed by atoms with Crippen LogP contribution in [0.3, 0.4) is 0 Å². The van der Waals surface area contributed by atoms with Crippen molar-refractivity contribution in [1.82, 2.24) is 0 Å². The molecule has 0 aliphatic carbocycles. The van der Waals surface area contributed by atoms with Crippen LogP contribution in [0.25, 0.3) is 0 Å². The van der Waals surface area contributed by atoms with Crippen LogP contribution in [0.5, 0.6) is 0 Å². The van der Waals surface area contributed by atoms with Gasteiger partial charge in [0.25, 0.3) is 0 Å². The van der Waals surface area contributed by atoms with E-state index in [9.17, 15) is 4.79 Å². The molecule has 0 spiro atoms. The first-order valence-corrected chi connectivity index (χ1v) is 6.30. The maximum Gasteiger partial charge on any atom is 0.231 e. The van der Waals surface area contributed by atoms with Gasteiger partial charge in [-0.25, -0.2) is 0 Å². The Kier molecular flexibility index (Phi) is 3.85. The molecule has 98 valence electrons. The third-order valence-electron chi connectivity index (χ3n) is 3.16. The van der Waals surface area contributed by atoms with E-state index in [0.29, 0.717) is 11.4 Å². The van der Waals surface area contributed by atoms with Crippen molar-refractivity contribution in [3.63, 3.8) is 0 Å². The zero-order valence-electron chi connectivity index (χ0n) is 11.2. The molecule has 2 aromatic rings. The lowest BCUT2D eigenvalue weighted by atomic mass is 10.0. The van der Waals surface area contributed by atoms with Gasteiger partial charge >= 0.3 is 0 Å². The Hall–Kier alpha value is -2.29. The topological polar surface area (TPSA) is 55.1 Å². The van der Waals surface area contributed by atoms with Crippen LogP contribution in [-0.2, 0) is 4.79 Å². The average Bonchev–Trinajstić information content (AvgIpc) is 2.43. The second-order valence-corrected chi connectivity index (χ2v) is 4.71. The van der Waals surface area contributed by atoms with E-state index in [4.69, 9.17) is 5.73 Å². The highest BCUT2D eigenvalue weighted by Gasteiger charge is 2.15. The summed E-state index contributed by atoms with van der Waals surface area (Å²) in [4.78, 5) is 12.2. The molecule has 0 aliphatic rings. The first-order chi connectivity index (χ1) is 9.08. The van der Waals surface area contributed by atoms with Crippen molar-refractivity contribution in [2.24, 2.45) is 0 Å². The summed E-state index contributed by atoms with van der Waals surface area (Å²) >= 11 is 0. The minimum atomic E-state index is -0.207. The summed E-state index contributed by atoms with van der Waals surface area (Å²) in [6.45, 7) is 3.85. The summed E-state index contributed by atoms with van der Waals surface area (Å²) in [5.41, 5.74) is 9.18. The number of hydrogen-bond donors (Lipinski definition) is 2. The lowest BCUT2D eigenvalue weighted by Gasteiger charge is -2.14. The predicted molar refractivity (Wildman–Crippen MR) is 79.1 cm³/mol. The van der Waals surface area contributed by atoms with E-state index in [-0.39, 0.29) is 11.8 Å². The van der Waals surface area contributed by atoms with Crippen molar-refractivity contribution in [2.45, 2.75) is 19.8 Å². The van der Waals surface area contributed by atoms with E-state index in [1.165, 1.54) is 0 Å². The molecule has 2 rings (SSSR count). The van der Waals surface area contributed by atoms with Gasteiger partial charge in [0.2, 0.25) is 5.91 Å². The minimum Gasteiger partial charge on any atom is -0.397 e. The van der Waals surface area contributed by atoms with E-state index in [2.05, 4.69) is 5.32 Å². The Labute approximate surface area is 113 Å². The number of amides is 1. The molecular formula is C16H18N2O. The van der Waals surface area contributed by atoms with Crippen LogP contribution < -0.4 is 11.1 Å². The molecule has 0 fully saturated rings. The van der Waals surface area contributed by atoms with Crippen LogP contribution in [0.15, 0.2) is 48.5 Å². The monoisotopic (exact) mass is 254 g/mol. The molecule has 0 aromatic heterocycles. The number of nitrogens with one attached hydrogen (secondary N) is 1. The summed E-state index contributed by atoms with van der Waals surface area (Å²) in [5, 5.41) is 2.89. The van der Waals surface area contributed by atoms with Crippen molar-refractivity contribution in [2.75, 3.05) is 11.1 Å². The highest BCUT2D eigenvalue weighted by Crippen LogP contribution is 2.22. The zero-order chi connectivity index (χ0) is 13.8. The maximum absolute atomic E-state index is 12.2. The van der Waals surface area contributed by atoms with Gasteiger partial charge < -0.3 is 11.1 Å². The van der Waals surface area contributed by atoms with Crippen molar-refractivity contribution in [3.05, 3.63) is 59.7 Å². The van der Waals surface area contributed by atoms with Crippen LogP contribution in [0.1, 0.15) is 24.0 Å². The Morgan fingerprint density at radius 2 is 1.84 bits per heavy atom. The average molecular weight is 254 g/mol. The van der Waals surface area contributed by atoms with Crippen molar-refractivity contribution in [3.8, 4) is 0 Å². The highest BCUT2D eigenvalue weighted by molar-refractivity contribution is 5.98. The van der Waals surface area contributed by atoms with Gasteiger partial charge in [0.1, 0.15) is 0 Å². The zero-order valence-corrected chi connectivity index (χ0v) is 11.2. The van der Waals surface area contributed by atoms with Crippen molar-refractivity contribution < 1.29 is 4.79 Å². The predicted octanol–water partition coefficient (Wildman–Crippen LogP) is 3.32. The molecule has 2 aromatic carbocycles. The van der Waals surface area contributed by atoms with E-state index in [0.717, 1.165) is 11.1 Å². The number of anilines is 2. The number of hydrogen-bond acceptors (Lipinski definition) is 2. The second kappa shape index (κ2) is 5.57. The lowest BCUT2D eigenvalue weighted by Crippen LogP contribution is -2.19. The van der Waals surface area contributed by atoms with Gasteiger partial charge in [0.05, 0.1) is 17.3 Å². The van der Waals surface area contributed by atoms with Crippen LogP contribution in [0.2, 0.25) is 0 Å². The molecule has 0 bridgehead atoms. The fourth-order valence-corrected chi connectivity index (χ4v) is 1.91. The Morgan fingerprint density at radius 3 is 2.53 bits per heavy atom. The highest BCUT2D eigenvalue weighted by atomic mass is 16.1. The maximum atomic E-state index is 12.2. The minimum absolute atomic E-state index is 0.0523. The van der Waals surface area contributed by atoms with Crippen LogP contribution in [0.4, 0.5) is 11.4 Å². The first kappa shape index (κ1) is 13.1. The molecule has 0 saturated heterocycles. The van der Waals surface area contributed by atoms with E-state index >= 15 is 0 Å². The summed E-state index contributed by atoms with van der Waals surface area (Å²) in [5.74, 6) is -0.260. The fraction of sp³-hybridized carbons (Fsp3) is 0.188. The number of carbonyl (C=O) groups is 1. The summed E-state index contributed by atoms with van der Waals surface area (Å²) < 4.78 is 0. The van der Waals surface area contributed by atoms with E-state index in [1.807, 2.05) is 56.3 Å². The van der Waals surface area contributed by atoms with Crippen molar-refractivity contribution in [1.29, 1.82) is 0 Å². The Balaban J connectivity index is 2.15. The molecule has 3 N–H and O–H groups in total. The van der Waals surface area contributed by atoms with E-state index < -0.39 is 0 Å². The molecule has 3 heteroatoms. The van der Waals surface area contributed by atoms with Gasteiger partial charge in [-0.2, -0.15) is 0 Å². The van der Waals surface area contributed by atoms with E-state index in [1.54, 1.807) is 6.07 Å². The normalized spacial score (nSPS) is 11.9.